The first kappa shape index (κ1) is 27.3. The average Bonchev–Trinajstić information content (AvgIpc) is 3.60. The SMILES string of the molecule is c1ccc(-c2cccc(-c3cc(-c4ccccc4)nc(-c4ccc5c(ccc6ccc7sc(-c8ccccc8)nc7c65)c4)n3)c2)cc1. The van der Waals surface area contributed by atoms with Crippen molar-refractivity contribution in [3.05, 3.63) is 164 Å². The molecule has 9 aromatic rings. The monoisotopic (exact) mass is 617 g/mol. The number of hydrogen-bond acceptors (Lipinski definition) is 4. The van der Waals surface area contributed by atoms with Crippen LogP contribution in [-0.2, 0) is 0 Å². The first-order chi connectivity index (χ1) is 23.3. The molecular weight excluding hydrogens is 591 g/mol. The van der Waals surface area contributed by atoms with E-state index in [2.05, 4.69) is 146 Å². The van der Waals surface area contributed by atoms with E-state index in [0.29, 0.717) is 5.82 Å². The van der Waals surface area contributed by atoms with Gasteiger partial charge in [0.05, 0.1) is 21.6 Å². The van der Waals surface area contributed by atoms with Crippen LogP contribution in [0.3, 0.4) is 0 Å². The highest BCUT2D eigenvalue weighted by Crippen LogP contribution is 2.38. The van der Waals surface area contributed by atoms with Crippen molar-refractivity contribution in [1.29, 1.82) is 0 Å². The fraction of sp³-hybridized carbons (Fsp3) is 0. The number of fused-ring (bicyclic) bond motifs is 5. The fourth-order valence-electron chi connectivity index (χ4n) is 6.35. The Morgan fingerprint density at radius 2 is 1.00 bits per heavy atom. The van der Waals surface area contributed by atoms with Crippen LogP contribution in [0.1, 0.15) is 0 Å². The van der Waals surface area contributed by atoms with Gasteiger partial charge < -0.3 is 0 Å². The zero-order chi connectivity index (χ0) is 31.2. The number of aromatic nitrogens is 3. The van der Waals surface area contributed by atoms with Crippen molar-refractivity contribution in [3.63, 3.8) is 0 Å². The van der Waals surface area contributed by atoms with Crippen molar-refractivity contribution in [2.45, 2.75) is 0 Å². The summed E-state index contributed by atoms with van der Waals surface area (Å²) >= 11 is 1.74. The highest BCUT2D eigenvalue weighted by Gasteiger charge is 2.15. The van der Waals surface area contributed by atoms with Crippen molar-refractivity contribution < 1.29 is 0 Å². The highest BCUT2D eigenvalue weighted by atomic mass is 32.1. The van der Waals surface area contributed by atoms with E-state index < -0.39 is 0 Å². The average molecular weight is 618 g/mol. The molecule has 0 aliphatic heterocycles. The van der Waals surface area contributed by atoms with E-state index in [4.69, 9.17) is 15.0 Å². The number of hydrogen-bond donors (Lipinski definition) is 0. The maximum absolute atomic E-state index is 5.17. The van der Waals surface area contributed by atoms with Gasteiger partial charge in [-0.3, -0.25) is 0 Å². The lowest BCUT2D eigenvalue weighted by molar-refractivity contribution is 1.18. The van der Waals surface area contributed by atoms with Crippen LogP contribution >= 0.6 is 11.3 Å². The Morgan fingerprint density at radius 3 is 1.77 bits per heavy atom. The normalized spacial score (nSPS) is 11.4. The molecule has 0 aliphatic carbocycles. The van der Waals surface area contributed by atoms with Gasteiger partial charge in [-0.1, -0.05) is 140 Å². The third kappa shape index (κ3) is 5.05. The predicted octanol–water partition coefficient (Wildman–Crippen LogP) is 11.7. The first-order valence-electron chi connectivity index (χ1n) is 15.7. The molecule has 47 heavy (non-hydrogen) atoms. The summed E-state index contributed by atoms with van der Waals surface area (Å²) in [7, 11) is 0. The molecule has 0 bridgehead atoms. The van der Waals surface area contributed by atoms with Gasteiger partial charge in [0.2, 0.25) is 0 Å². The van der Waals surface area contributed by atoms with E-state index in [1.54, 1.807) is 11.3 Å². The van der Waals surface area contributed by atoms with Gasteiger partial charge >= 0.3 is 0 Å². The molecule has 4 heteroatoms. The van der Waals surface area contributed by atoms with Crippen molar-refractivity contribution >= 4 is 43.1 Å². The molecule has 0 aliphatic rings. The van der Waals surface area contributed by atoms with Crippen LogP contribution in [0.5, 0.6) is 0 Å². The quantitative estimate of drug-likeness (QED) is 0.180. The lowest BCUT2D eigenvalue weighted by Crippen LogP contribution is -1.96. The highest BCUT2D eigenvalue weighted by molar-refractivity contribution is 7.21. The van der Waals surface area contributed by atoms with Gasteiger partial charge in [-0.25, -0.2) is 15.0 Å². The Balaban J connectivity index is 1.20. The molecule has 2 heterocycles. The van der Waals surface area contributed by atoms with Crippen LogP contribution in [-0.4, -0.2) is 15.0 Å². The number of nitrogens with zero attached hydrogens (tertiary/aromatic N) is 3. The minimum absolute atomic E-state index is 0.701. The Kier molecular flexibility index (Phi) is 6.65. The minimum Gasteiger partial charge on any atom is -0.235 e. The summed E-state index contributed by atoms with van der Waals surface area (Å²) in [5.41, 5.74) is 9.41. The largest absolute Gasteiger partial charge is 0.235 e. The molecule has 0 atom stereocenters. The summed E-state index contributed by atoms with van der Waals surface area (Å²) in [4.78, 5) is 15.4. The molecule has 3 nitrogen and oxygen atoms in total. The standard InChI is InChI=1S/C43H27N3S/c1-4-11-28(12-5-1)32-17-10-18-34(25-32)38-27-37(29-13-6-2-7-14-29)44-42(45-38)35-21-23-36-33(26-35)20-19-30-22-24-39-41(40(30)36)46-43(47-39)31-15-8-3-9-16-31/h1-27H. The van der Waals surface area contributed by atoms with Gasteiger partial charge in [0.25, 0.3) is 0 Å². The topological polar surface area (TPSA) is 38.7 Å². The Hall–Kier alpha value is -5.97. The summed E-state index contributed by atoms with van der Waals surface area (Å²) in [6.45, 7) is 0. The Labute approximate surface area is 276 Å². The van der Waals surface area contributed by atoms with Crippen molar-refractivity contribution in [2.75, 3.05) is 0 Å². The van der Waals surface area contributed by atoms with Crippen LogP contribution in [0.4, 0.5) is 0 Å². The van der Waals surface area contributed by atoms with Crippen LogP contribution in [0, 0.1) is 0 Å². The molecule has 9 rings (SSSR count). The van der Waals surface area contributed by atoms with Crippen molar-refractivity contribution in [1.82, 2.24) is 15.0 Å². The van der Waals surface area contributed by atoms with Crippen molar-refractivity contribution in [3.8, 4) is 55.6 Å². The van der Waals surface area contributed by atoms with Gasteiger partial charge in [-0.05, 0) is 51.6 Å². The predicted molar refractivity (Wildman–Crippen MR) is 197 cm³/mol. The van der Waals surface area contributed by atoms with E-state index in [1.807, 2.05) is 18.2 Å². The molecule has 220 valence electrons. The molecule has 2 aromatic heterocycles. The Morgan fingerprint density at radius 1 is 0.383 bits per heavy atom. The summed E-state index contributed by atoms with van der Waals surface area (Å²) in [6, 6.07) is 57.3. The molecule has 0 unspecified atom stereocenters. The minimum atomic E-state index is 0.701. The summed E-state index contributed by atoms with van der Waals surface area (Å²) in [5.74, 6) is 0.701. The maximum Gasteiger partial charge on any atom is 0.160 e. The second-order valence-electron chi connectivity index (χ2n) is 11.7. The molecule has 0 N–H and O–H groups in total. The van der Waals surface area contributed by atoms with E-state index in [1.165, 1.54) is 26.4 Å². The second kappa shape index (κ2) is 11.4. The van der Waals surface area contributed by atoms with Crippen molar-refractivity contribution in [2.24, 2.45) is 0 Å². The van der Waals surface area contributed by atoms with Gasteiger partial charge in [0.1, 0.15) is 5.01 Å². The molecular formula is C43H27N3S. The van der Waals surface area contributed by atoms with E-state index >= 15 is 0 Å². The zero-order valence-electron chi connectivity index (χ0n) is 25.3. The van der Waals surface area contributed by atoms with Crippen LogP contribution < -0.4 is 0 Å². The van der Waals surface area contributed by atoms with Gasteiger partial charge in [-0.2, -0.15) is 0 Å². The molecule has 7 aromatic carbocycles. The molecule has 0 amide bonds. The zero-order valence-corrected chi connectivity index (χ0v) is 26.2. The van der Waals surface area contributed by atoms with Gasteiger partial charge in [0, 0.05) is 27.6 Å². The molecule has 0 saturated carbocycles. The molecule has 0 spiro atoms. The third-order valence-electron chi connectivity index (χ3n) is 8.70. The summed E-state index contributed by atoms with van der Waals surface area (Å²) < 4.78 is 1.19. The Bertz CT molecular complexity index is 2560. The van der Waals surface area contributed by atoms with Crippen LogP contribution in [0.15, 0.2) is 164 Å². The molecule has 0 saturated heterocycles. The van der Waals surface area contributed by atoms with Crippen LogP contribution in [0.25, 0.3) is 87.4 Å². The summed E-state index contributed by atoms with van der Waals surface area (Å²) in [6.07, 6.45) is 0. The fourth-order valence-corrected chi connectivity index (χ4v) is 7.33. The molecule has 0 radical (unpaired) electrons. The number of thiazole rings is 1. The van der Waals surface area contributed by atoms with Gasteiger partial charge in [-0.15, -0.1) is 11.3 Å². The maximum atomic E-state index is 5.17. The van der Waals surface area contributed by atoms with Crippen LogP contribution in [0.2, 0.25) is 0 Å². The number of benzene rings is 7. The first-order valence-corrected chi connectivity index (χ1v) is 16.5. The lowest BCUT2D eigenvalue weighted by Gasteiger charge is -2.12. The van der Waals surface area contributed by atoms with E-state index in [-0.39, 0.29) is 0 Å². The summed E-state index contributed by atoms with van der Waals surface area (Å²) in [5, 5.41) is 5.72. The van der Waals surface area contributed by atoms with E-state index in [0.717, 1.165) is 55.1 Å². The van der Waals surface area contributed by atoms with E-state index in [9.17, 15) is 0 Å². The smallest absolute Gasteiger partial charge is 0.160 e. The van der Waals surface area contributed by atoms with Gasteiger partial charge in [0.15, 0.2) is 5.82 Å². The molecule has 0 fully saturated rings. The number of rotatable bonds is 5. The second-order valence-corrected chi connectivity index (χ2v) is 12.7. The third-order valence-corrected chi connectivity index (χ3v) is 9.77. The lowest BCUT2D eigenvalue weighted by atomic mass is 9.98.